The smallest absolute Gasteiger partial charge is 0.257 e. The van der Waals surface area contributed by atoms with Gasteiger partial charge in [-0.15, -0.1) is 0 Å². The Labute approximate surface area is 126 Å². The summed E-state index contributed by atoms with van der Waals surface area (Å²) in [5, 5.41) is 7.84. The van der Waals surface area contributed by atoms with E-state index in [0.717, 1.165) is 31.7 Å². The summed E-state index contributed by atoms with van der Waals surface area (Å²) >= 11 is 1.58. The molecule has 1 unspecified atom stereocenters. The van der Waals surface area contributed by atoms with Gasteiger partial charge in [0.15, 0.2) is 5.16 Å². The molecule has 1 N–H and O–H groups in total. The van der Waals surface area contributed by atoms with Crippen molar-refractivity contribution in [2.24, 2.45) is 0 Å². The molecule has 21 heavy (non-hydrogen) atoms. The molecule has 0 radical (unpaired) electrons. The predicted octanol–water partition coefficient (Wildman–Crippen LogP) is 1.16. The number of anilines is 1. The molecular weight excluding hydrogens is 290 g/mol. The first kappa shape index (κ1) is 14.2. The van der Waals surface area contributed by atoms with Crippen molar-refractivity contribution in [1.82, 2.24) is 29.7 Å². The highest BCUT2D eigenvalue weighted by Gasteiger charge is 2.17. The fourth-order valence-corrected chi connectivity index (χ4v) is 2.90. The third-order valence-electron chi connectivity index (χ3n) is 2.98. The summed E-state index contributed by atoms with van der Waals surface area (Å²) in [7, 11) is 0. The number of aromatic nitrogens is 6. The summed E-state index contributed by atoms with van der Waals surface area (Å²) in [6.45, 7) is 3.60. The highest BCUT2D eigenvalue weighted by Crippen LogP contribution is 2.22. The van der Waals surface area contributed by atoms with Crippen molar-refractivity contribution < 1.29 is 4.74 Å². The minimum atomic E-state index is 0.296. The predicted molar refractivity (Wildman–Crippen MR) is 78.6 cm³/mol. The third kappa shape index (κ3) is 3.67. The summed E-state index contributed by atoms with van der Waals surface area (Å²) < 4.78 is 7.15. The summed E-state index contributed by atoms with van der Waals surface area (Å²) in [5.74, 6) is 1.87. The van der Waals surface area contributed by atoms with E-state index in [4.69, 9.17) is 4.74 Å². The van der Waals surface area contributed by atoms with E-state index in [1.807, 2.05) is 6.92 Å². The van der Waals surface area contributed by atoms with Crippen molar-refractivity contribution in [3.05, 3.63) is 12.7 Å². The van der Waals surface area contributed by atoms with Crippen LogP contribution < -0.4 is 5.32 Å². The quantitative estimate of drug-likeness (QED) is 0.795. The number of rotatable bonds is 6. The monoisotopic (exact) mass is 307 g/mol. The van der Waals surface area contributed by atoms with Gasteiger partial charge >= 0.3 is 0 Å². The van der Waals surface area contributed by atoms with E-state index in [1.54, 1.807) is 18.1 Å². The number of thioether (sulfide) groups is 1. The Hall–Kier alpha value is -1.74. The van der Waals surface area contributed by atoms with E-state index in [1.165, 1.54) is 11.0 Å². The second-order valence-electron chi connectivity index (χ2n) is 4.56. The second kappa shape index (κ2) is 6.81. The van der Waals surface area contributed by atoms with Gasteiger partial charge in [0, 0.05) is 18.9 Å². The standard InChI is InChI=1S/C12H17N7OS/c1-2-14-10-16-11(19-8-13-7-15-19)18-12(17-10)21-6-9-4-3-5-20-9/h7-9H,2-6H2,1H3,(H,14,16,17,18). The molecule has 2 aromatic rings. The average Bonchev–Trinajstić information content (AvgIpc) is 3.19. The summed E-state index contributed by atoms with van der Waals surface area (Å²) in [4.78, 5) is 17.1. The number of hydrogen-bond acceptors (Lipinski definition) is 8. The molecule has 0 aliphatic carbocycles. The van der Waals surface area contributed by atoms with Crippen LogP contribution in [-0.2, 0) is 4.74 Å². The summed E-state index contributed by atoms with van der Waals surface area (Å²) in [6, 6.07) is 0. The first-order valence-corrected chi connectivity index (χ1v) is 7.93. The van der Waals surface area contributed by atoms with Crippen LogP contribution in [0.15, 0.2) is 17.8 Å². The van der Waals surface area contributed by atoms with Crippen LogP contribution in [0, 0.1) is 0 Å². The van der Waals surface area contributed by atoms with Gasteiger partial charge in [-0.1, -0.05) is 11.8 Å². The summed E-state index contributed by atoms with van der Waals surface area (Å²) in [6.07, 6.45) is 5.56. The van der Waals surface area contributed by atoms with E-state index < -0.39 is 0 Å². The van der Waals surface area contributed by atoms with Gasteiger partial charge in [0.2, 0.25) is 5.95 Å². The maximum atomic E-state index is 5.62. The Morgan fingerprint density at radius 3 is 3.10 bits per heavy atom. The van der Waals surface area contributed by atoms with Gasteiger partial charge in [-0.2, -0.15) is 24.7 Å². The fourth-order valence-electron chi connectivity index (χ4n) is 2.00. The molecule has 0 amide bonds. The number of hydrogen-bond donors (Lipinski definition) is 1. The zero-order valence-corrected chi connectivity index (χ0v) is 12.6. The van der Waals surface area contributed by atoms with E-state index in [0.29, 0.717) is 23.2 Å². The van der Waals surface area contributed by atoms with Crippen LogP contribution in [0.25, 0.3) is 5.95 Å². The van der Waals surface area contributed by atoms with Gasteiger partial charge in [0.25, 0.3) is 5.95 Å². The zero-order valence-electron chi connectivity index (χ0n) is 11.8. The molecule has 1 aliphatic heterocycles. The van der Waals surface area contributed by atoms with E-state index in [9.17, 15) is 0 Å². The lowest BCUT2D eigenvalue weighted by molar-refractivity contribution is 0.129. The molecule has 0 spiro atoms. The highest BCUT2D eigenvalue weighted by atomic mass is 32.2. The van der Waals surface area contributed by atoms with Crippen LogP contribution in [0.5, 0.6) is 0 Å². The van der Waals surface area contributed by atoms with Gasteiger partial charge in [-0.05, 0) is 19.8 Å². The van der Waals surface area contributed by atoms with Crippen molar-refractivity contribution in [2.75, 3.05) is 24.2 Å². The molecule has 8 nitrogen and oxygen atoms in total. The molecule has 0 aromatic carbocycles. The van der Waals surface area contributed by atoms with Gasteiger partial charge in [0.1, 0.15) is 12.7 Å². The van der Waals surface area contributed by atoms with Gasteiger partial charge < -0.3 is 10.1 Å². The largest absolute Gasteiger partial charge is 0.377 e. The summed E-state index contributed by atoms with van der Waals surface area (Å²) in [5.41, 5.74) is 0. The molecular formula is C12H17N7OS. The van der Waals surface area contributed by atoms with Crippen molar-refractivity contribution in [2.45, 2.75) is 31.0 Å². The highest BCUT2D eigenvalue weighted by molar-refractivity contribution is 7.99. The van der Waals surface area contributed by atoms with Crippen LogP contribution in [0.2, 0.25) is 0 Å². The Kier molecular flexibility index (Phi) is 4.61. The maximum absolute atomic E-state index is 5.62. The minimum Gasteiger partial charge on any atom is -0.377 e. The van der Waals surface area contributed by atoms with Crippen molar-refractivity contribution in [3.8, 4) is 5.95 Å². The molecule has 2 aromatic heterocycles. The molecule has 1 saturated heterocycles. The SMILES string of the molecule is CCNc1nc(SCC2CCCO2)nc(-n2cncn2)n1. The molecule has 0 bridgehead atoms. The first-order valence-electron chi connectivity index (χ1n) is 6.94. The lowest BCUT2D eigenvalue weighted by Gasteiger charge is -2.09. The molecule has 9 heteroatoms. The molecule has 1 atom stereocenters. The Morgan fingerprint density at radius 1 is 1.43 bits per heavy atom. The van der Waals surface area contributed by atoms with Crippen LogP contribution in [0.3, 0.4) is 0 Å². The van der Waals surface area contributed by atoms with Gasteiger partial charge in [-0.3, -0.25) is 0 Å². The molecule has 1 aliphatic rings. The first-order chi connectivity index (χ1) is 10.3. The van der Waals surface area contributed by atoms with Crippen LogP contribution in [0.4, 0.5) is 5.95 Å². The van der Waals surface area contributed by atoms with E-state index in [-0.39, 0.29) is 0 Å². The molecule has 112 valence electrons. The minimum absolute atomic E-state index is 0.296. The number of nitrogens with zero attached hydrogens (tertiary/aromatic N) is 6. The maximum Gasteiger partial charge on any atom is 0.257 e. The average molecular weight is 307 g/mol. The third-order valence-corrected chi connectivity index (χ3v) is 3.96. The van der Waals surface area contributed by atoms with Crippen molar-refractivity contribution in [3.63, 3.8) is 0 Å². The van der Waals surface area contributed by atoms with Crippen LogP contribution in [-0.4, -0.2) is 54.7 Å². The normalized spacial score (nSPS) is 18.0. The van der Waals surface area contributed by atoms with Crippen LogP contribution >= 0.6 is 11.8 Å². The lowest BCUT2D eigenvalue weighted by Crippen LogP contribution is -2.12. The lowest BCUT2D eigenvalue weighted by atomic mass is 10.3. The van der Waals surface area contributed by atoms with Gasteiger partial charge in [-0.25, -0.2) is 4.98 Å². The van der Waals surface area contributed by atoms with Crippen molar-refractivity contribution >= 4 is 17.7 Å². The topological polar surface area (TPSA) is 90.6 Å². The van der Waals surface area contributed by atoms with Gasteiger partial charge in [0.05, 0.1) is 6.10 Å². The zero-order chi connectivity index (χ0) is 14.5. The Morgan fingerprint density at radius 2 is 2.38 bits per heavy atom. The molecule has 0 saturated carbocycles. The second-order valence-corrected chi connectivity index (χ2v) is 5.55. The molecule has 3 rings (SSSR count). The van der Waals surface area contributed by atoms with E-state index in [2.05, 4.69) is 30.4 Å². The van der Waals surface area contributed by atoms with E-state index >= 15 is 0 Å². The number of nitrogens with one attached hydrogen (secondary N) is 1. The Balaban J connectivity index is 1.77. The molecule has 3 heterocycles. The number of ether oxygens (including phenoxy) is 1. The van der Waals surface area contributed by atoms with Crippen molar-refractivity contribution in [1.29, 1.82) is 0 Å². The molecule has 1 fully saturated rings. The Bertz CT molecular complexity index is 571. The fraction of sp³-hybridized carbons (Fsp3) is 0.583. The van der Waals surface area contributed by atoms with Crippen LogP contribution in [0.1, 0.15) is 19.8 Å².